The van der Waals surface area contributed by atoms with Crippen LogP contribution in [0.5, 0.6) is 0 Å². The van der Waals surface area contributed by atoms with Crippen molar-refractivity contribution < 1.29 is 22.0 Å². The van der Waals surface area contributed by atoms with Gasteiger partial charge in [-0.2, -0.15) is 4.31 Å². The number of sulfonamides is 1. The van der Waals surface area contributed by atoms with Gasteiger partial charge in [0.25, 0.3) is 0 Å². The van der Waals surface area contributed by atoms with Crippen LogP contribution in [0.4, 0.5) is 14.5 Å². The van der Waals surface area contributed by atoms with E-state index in [1.165, 1.54) is 6.07 Å². The van der Waals surface area contributed by atoms with E-state index in [0.29, 0.717) is 21.8 Å². The van der Waals surface area contributed by atoms with E-state index in [1.807, 2.05) is 0 Å². The Bertz CT molecular complexity index is 990. The molecule has 1 saturated heterocycles. The first kappa shape index (κ1) is 21.0. The van der Waals surface area contributed by atoms with Gasteiger partial charge in [0, 0.05) is 30.8 Å². The fourth-order valence-corrected chi connectivity index (χ4v) is 4.81. The number of carbonyl (C=O) groups excluding carboxylic acids is 1. The molecule has 0 aliphatic carbocycles. The lowest BCUT2D eigenvalue weighted by atomic mass is 9.97. The predicted molar refractivity (Wildman–Crippen MR) is 103 cm³/mol. The molecule has 10 heteroatoms. The van der Waals surface area contributed by atoms with Gasteiger partial charge in [-0.1, -0.05) is 23.2 Å². The van der Waals surface area contributed by atoms with E-state index < -0.39 is 32.5 Å². The van der Waals surface area contributed by atoms with E-state index in [9.17, 15) is 22.0 Å². The Kier molecular flexibility index (Phi) is 6.24. The zero-order chi connectivity index (χ0) is 20.5. The molecule has 1 heterocycles. The summed E-state index contributed by atoms with van der Waals surface area (Å²) in [4.78, 5) is 12.0. The minimum absolute atomic E-state index is 0.0694. The highest BCUT2D eigenvalue weighted by molar-refractivity contribution is 7.89. The van der Waals surface area contributed by atoms with Crippen LogP contribution >= 0.6 is 23.2 Å². The molecule has 0 radical (unpaired) electrons. The van der Waals surface area contributed by atoms with E-state index in [1.54, 1.807) is 12.1 Å². The molecule has 1 fully saturated rings. The normalized spacial score (nSPS) is 16.1. The zero-order valence-corrected chi connectivity index (χ0v) is 16.8. The number of rotatable bonds is 4. The molecule has 0 bridgehead atoms. The zero-order valence-electron chi connectivity index (χ0n) is 14.5. The number of hydrogen-bond acceptors (Lipinski definition) is 3. The Hall–Kier alpha value is -1.74. The number of benzene rings is 2. The number of hydrogen-bond donors (Lipinski definition) is 1. The summed E-state index contributed by atoms with van der Waals surface area (Å²) >= 11 is 11.8. The summed E-state index contributed by atoms with van der Waals surface area (Å²) in [5.41, 5.74) is 0.490. The van der Waals surface area contributed by atoms with Crippen LogP contribution in [0.15, 0.2) is 41.3 Å². The van der Waals surface area contributed by atoms with E-state index in [2.05, 4.69) is 5.32 Å². The van der Waals surface area contributed by atoms with Gasteiger partial charge in [-0.25, -0.2) is 17.2 Å². The number of nitrogens with zero attached hydrogens (tertiary/aromatic N) is 1. The third kappa shape index (κ3) is 4.63. The molecule has 5 nitrogen and oxygen atoms in total. The summed E-state index contributed by atoms with van der Waals surface area (Å²) in [6, 6.07) is 6.87. The van der Waals surface area contributed by atoms with Crippen molar-refractivity contribution in [3.05, 3.63) is 58.1 Å². The van der Waals surface area contributed by atoms with Crippen molar-refractivity contribution in [3.63, 3.8) is 0 Å². The highest BCUT2D eigenvalue weighted by atomic mass is 35.5. The van der Waals surface area contributed by atoms with Crippen LogP contribution in [-0.2, 0) is 14.8 Å². The number of halogens is 4. The standard InChI is InChI=1S/C18H16Cl2F2N2O3S/c19-16-2-1-14(10-17(16)20)23-18(25)11-3-5-24(6-4-11)28(26,27)15-8-12(21)7-13(22)9-15/h1-2,7-11H,3-6H2,(H,23,25). The quantitative estimate of drug-likeness (QED) is 0.757. The molecule has 150 valence electrons. The second kappa shape index (κ2) is 8.32. The van der Waals surface area contributed by atoms with Crippen LogP contribution in [-0.4, -0.2) is 31.7 Å². The van der Waals surface area contributed by atoms with Gasteiger partial charge in [-0.3, -0.25) is 4.79 Å². The summed E-state index contributed by atoms with van der Waals surface area (Å²) in [6.45, 7) is 0.139. The van der Waals surface area contributed by atoms with E-state index in [0.717, 1.165) is 16.4 Å². The van der Waals surface area contributed by atoms with Crippen LogP contribution in [0.2, 0.25) is 10.0 Å². The first-order valence-corrected chi connectivity index (χ1v) is 10.6. The van der Waals surface area contributed by atoms with Crippen molar-refractivity contribution in [2.75, 3.05) is 18.4 Å². The minimum Gasteiger partial charge on any atom is -0.326 e. The van der Waals surface area contributed by atoms with E-state index in [4.69, 9.17) is 23.2 Å². The molecule has 1 amide bonds. The van der Waals surface area contributed by atoms with Gasteiger partial charge in [0.15, 0.2) is 0 Å². The number of amides is 1. The molecule has 28 heavy (non-hydrogen) atoms. The summed E-state index contributed by atoms with van der Waals surface area (Å²) in [7, 11) is -4.04. The maximum absolute atomic E-state index is 13.4. The molecule has 1 aliphatic heterocycles. The third-order valence-corrected chi connectivity index (χ3v) is 7.10. The second-order valence-electron chi connectivity index (χ2n) is 6.40. The van der Waals surface area contributed by atoms with Crippen molar-refractivity contribution >= 4 is 44.8 Å². The molecule has 0 atom stereocenters. The van der Waals surface area contributed by atoms with Crippen molar-refractivity contribution in [3.8, 4) is 0 Å². The van der Waals surface area contributed by atoms with Gasteiger partial charge in [-0.15, -0.1) is 0 Å². The molecular formula is C18H16Cl2F2N2O3S. The van der Waals surface area contributed by atoms with Gasteiger partial charge in [-0.05, 0) is 43.2 Å². The molecule has 1 aliphatic rings. The average Bonchev–Trinajstić information content (AvgIpc) is 2.64. The van der Waals surface area contributed by atoms with Gasteiger partial charge >= 0.3 is 0 Å². The predicted octanol–water partition coefficient (Wildman–Crippen LogP) is 4.31. The van der Waals surface area contributed by atoms with Crippen molar-refractivity contribution in [1.29, 1.82) is 0 Å². The number of piperidine rings is 1. The van der Waals surface area contributed by atoms with Crippen LogP contribution in [0.1, 0.15) is 12.8 Å². The molecule has 2 aromatic carbocycles. The largest absolute Gasteiger partial charge is 0.326 e. The van der Waals surface area contributed by atoms with Crippen LogP contribution < -0.4 is 5.32 Å². The monoisotopic (exact) mass is 448 g/mol. The van der Waals surface area contributed by atoms with Crippen LogP contribution in [0.3, 0.4) is 0 Å². The second-order valence-corrected chi connectivity index (χ2v) is 9.15. The number of carbonyl (C=O) groups is 1. The van der Waals surface area contributed by atoms with E-state index >= 15 is 0 Å². The summed E-state index contributed by atoms with van der Waals surface area (Å²) in [6.07, 6.45) is 0.564. The Labute approximate surface area is 171 Å². The SMILES string of the molecule is O=C(Nc1ccc(Cl)c(Cl)c1)C1CCN(S(=O)(=O)c2cc(F)cc(F)c2)CC1. The van der Waals surface area contributed by atoms with Gasteiger partial charge in [0.1, 0.15) is 11.6 Å². The van der Waals surface area contributed by atoms with Gasteiger partial charge < -0.3 is 5.32 Å². The molecule has 0 spiro atoms. The Balaban J connectivity index is 1.64. The van der Waals surface area contributed by atoms with Gasteiger partial charge in [0.2, 0.25) is 15.9 Å². The highest BCUT2D eigenvalue weighted by Crippen LogP contribution is 2.28. The van der Waals surface area contributed by atoms with Crippen LogP contribution in [0, 0.1) is 17.6 Å². The smallest absolute Gasteiger partial charge is 0.243 e. The number of nitrogens with one attached hydrogen (secondary N) is 1. The molecule has 1 N–H and O–H groups in total. The molecule has 3 rings (SSSR count). The lowest BCUT2D eigenvalue weighted by molar-refractivity contribution is -0.120. The lowest BCUT2D eigenvalue weighted by Crippen LogP contribution is -2.41. The topological polar surface area (TPSA) is 66.5 Å². The average molecular weight is 449 g/mol. The minimum atomic E-state index is -4.04. The lowest BCUT2D eigenvalue weighted by Gasteiger charge is -2.30. The highest BCUT2D eigenvalue weighted by Gasteiger charge is 2.32. The first-order valence-electron chi connectivity index (χ1n) is 8.39. The fraction of sp³-hybridized carbons (Fsp3) is 0.278. The third-order valence-electron chi connectivity index (χ3n) is 4.49. The maximum Gasteiger partial charge on any atom is 0.243 e. The van der Waals surface area contributed by atoms with Crippen molar-refractivity contribution in [1.82, 2.24) is 4.31 Å². The summed E-state index contributed by atoms with van der Waals surface area (Å²) in [5.74, 6) is -2.58. The van der Waals surface area contributed by atoms with Gasteiger partial charge in [0.05, 0.1) is 14.9 Å². The Morgan fingerprint density at radius 1 is 1.00 bits per heavy atom. The Morgan fingerprint density at radius 2 is 1.61 bits per heavy atom. The molecular weight excluding hydrogens is 433 g/mol. The van der Waals surface area contributed by atoms with Crippen molar-refractivity contribution in [2.24, 2.45) is 5.92 Å². The van der Waals surface area contributed by atoms with Crippen LogP contribution in [0.25, 0.3) is 0 Å². The fourth-order valence-electron chi connectivity index (χ4n) is 3.00. The Morgan fingerprint density at radius 3 is 2.18 bits per heavy atom. The van der Waals surface area contributed by atoms with Crippen molar-refractivity contribution in [2.45, 2.75) is 17.7 Å². The number of anilines is 1. The summed E-state index contributed by atoms with van der Waals surface area (Å²) in [5, 5.41) is 3.41. The first-order chi connectivity index (χ1) is 13.2. The molecule has 0 unspecified atom stereocenters. The maximum atomic E-state index is 13.4. The molecule has 0 saturated carbocycles. The summed E-state index contributed by atoms with van der Waals surface area (Å²) < 4.78 is 53.0. The van der Waals surface area contributed by atoms with E-state index in [-0.39, 0.29) is 31.8 Å². The molecule has 2 aromatic rings. The molecule has 0 aromatic heterocycles.